The summed E-state index contributed by atoms with van der Waals surface area (Å²) >= 11 is 0. The maximum atomic E-state index is 10.5. The van der Waals surface area contributed by atoms with Crippen molar-refractivity contribution < 1.29 is 15.0 Å². The molecule has 0 aliphatic rings. The second kappa shape index (κ2) is 5.41. The molecule has 0 saturated heterocycles. The number of rotatable bonds is 1. The number of carboxylic acid groups (broad SMARTS) is 1. The van der Waals surface area contributed by atoms with Crippen molar-refractivity contribution in [2.75, 3.05) is 11.5 Å². The zero-order valence-corrected chi connectivity index (χ0v) is 8.56. The third-order valence-electron chi connectivity index (χ3n) is 1.39. The van der Waals surface area contributed by atoms with Crippen LogP contribution in [0.25, 0.3) is 0 Å². The van der Waals surface area contributed by atoms with Crippen LogP contribution in [0.4, 0.5) is 11.4 Å². The van der Waals surface area contributed by atoms with E-state index < -0.39 is 11.7 Å². The number of phenols is 1. The Bertz CT molecular complexity index is 344. The minimum atomic E-state index is -1.26. The molecule has 0 heterocycles. The fourth-order valence-corrected chi connectivity index (χ4v) is 0.843. The molecule has 0 unspecified atom stereocenters. The van der Waals surface area contributed by atoms with Crippen molar-refractivity contribution >= 4 is 42.2 Å². The fourth-order valence-electron chi connectivity index (χ4n) is 0.843. The maximum Gasteiger partial charge on any atom is 0.339 e. The highest BCUT2D eigenvalue weighted by Gasteiger charge is 2.12. The molecule has 0 aliphatic heterocycles. The molecule has 0 radical (unpaired) electrons. The summed E-state index contributed by atoms with van der Waals surface area (Å²) in [6, 6.07) is 2.44. The highest BCUT2D eigenvalue weighted by Crippen LogP contribution is 2.27. The van der Waals surface area contributed by atoms with Gasteiger partial charge in [0.05, 0.1) is 5.69 Å². The summed E-state index contributed by atoms with van der Waals surface area (Å²) in [6.07, 6.45) is 0. The van der Waals surface area contributed by atoms with Crippen molar-refractivity contribution in [3.8, 4) is 5.75 Å². The number of aromatic hydroxyl groups is 1. The van der Waals surface area contributed by atoms with E-state index in [1.807, 2.05) is 0 Å². The van der Waals surface area contributed by atoms with E-state index in [0.29, 0.717) is 0 Å². The fraction of sp³-hybridized carbons (Fsp3) is 0. The van der Waals surface area contributed by atoms with Gasteiger partial charge in [0.15, 0.2) is 5.75 Å². The highest BCUT2D eigenvalue weighted by atomic mass is 35.5. The number of hydrogen-bond donors (Lipinski definition) is 4. The Hall–Kier alpha value is -1.33. The number of aromatic carboxylic acids is 1. The normalized spacial score (nSPS) is 8.29. The van der Waals surface area contributed by atoms with Gasteiger partial charge in [0, 0.05) is 5.69 Å². The van der Waals surface area contributed by atoms with Crippen LogP contribution in [0.3, 0.4) is 0 Å². The Morgan fingerprint density at radius 3 is 2.14 bits per heavy atom. The standard InChI is InChI=1S/C7H8N2O3.2ClH/c8-3-1-4(7(11)12)6(10)5(9)2-3;;/h1-2,10H,8-9H2,(H,11,12);2*1H. The number of carbonyl (C=O) groups is 1. The van der Waals surface area contributed by atoms with Gasteiger partial charge >= 0.3 is 5.97 Å². The Labute approximate surface area is 92.5 Å². The average Bonchev–Trinajstić information content (AvgIpc) is 1.96. The maximum absolute atomic E-state index is 10.5. The van der Waals surface area contributed by atoms with Gasteiger partial charge < -0.3 is 21.7 Å². The van der Waals surface area contributed by atoms with E-state index in [1.54, 1.807) is 0 Å². The van der Waals surface area contributed by atoms with Gasteiger partial charge in [-0.2, -0.15) is 0 Å². The topological polar surface area (TPSA) is 110 Å². The number of nitrogens with two attached hydrogens (primary N) is 2. The van der Waals surface area contributed by atoms with Crippen LogP contribution in [0.15, 0.2) is 12.1 Å². The first kappa shape index (κ1) is 15.2. The Morgan fingerprint density at radius 1 is 1.21 bits per heavy atom. The van der Waals surface area contributed by atoms with Gasteiger partial charge in [0.2, 0.25) is 0 Å². The van der Waals surface area contributed by atoms with E-state index >= 15 is 0 Å². The van der Waals surface area contributed by atoms with E-state index in [-0.39, 0.29) is 41.8 Å². The van der Waals surface area contributed by atoms with E-state index in [4.69, 9.17) is 21.7 Å². The van der Waals surface area contributed by atoms with E-state index in [1.165, 1.54) is 6.07 Å². The van der Waals surface area contributed by atoms with Crippen LogP contribution in [-0.2, 0) is 0 Å². The Balaban J connectivity index is 0. The minimum Gasteiger partial charge on any atom is -0.505 e. The number of halogens is 2. The lowest BCUT2D eigenvalue weighted by atomic mass is 10.1. The van der Waals surface area contributed by atoms with E-state index in [9.17, 15) is 4.79 Å². The zero-order valence-electron chi connectivity index (χ0n) is 6.93. The van der Waals surface area contributed by atoms with Crippen molar-refractivity contribution in [3.63, 3.8) is 0 Å². The first-order chi connectivity index (χ1) is 5.52. The van der Waals surface area contributed by atoms with Crippen molar-refractivity contribution in [1.82, 2.24) is 0 Å². The van der Waals surface area contributed by atoms with Crippen LogP contribution in [-0.4, -0.2) is 16.2 Å². The molecule has 7 heteroatoms. The summed E-state index contributed by atoms with van der Waals surface area (Å²) in [4.78, 5) is 10.5. The summed E-state index contributed by atoms with van der Waals surface area (Å²) in [5.74, 6) is -1.71. The van der Waals surface area contributed by atoms with Gasteiger partial charge in [-0.25, -0.2) is 4.79 Å². The summed E-state index contributed by atoms with van der Waals surface area (Å²) in [6.45, 7) is 0. The third-order valence-corrected chi connectivity index (χ3v) is 1.39. The quantitative estimate of drug-likeness (QED) is 0.334. The summed E-state index contributed by atoms with van der Waals surface area (Å²) in [5.41, 5.74) is 10.5. The predicted molar refractivity (Wildman–Crippen MR) is 58.4 cm³/mol. The summed E-state index contributed by atoms with van der Waals surface area (Å²) in [7, 11) is 0. The van der Waals surface area contributed by atoms with E-state index in [2.05, 4.69) is 0 Å². The summed E-state index contributed by atoms with van der Waals surface area (Å²) < 4.78 is 0. The molecular weight excluding hydrogens is 231 g/mol. The first-order valence-electron chi connectivity index (χ1n) is 3.13. The van der Waals surface area contributed by atoms with Gasteiger partial charge in [-0.15, -0.1) is 24.8 Å². The van der Waals surface area contributed by atoms with Crippen LogP contribution < -0.4 is 11.5 Å². The van der Waals surface area contributed by atoms with Gasteiger partial charge in [-0.1, -0.05) is 0 Å². The van der Waals surface area contributed by atoms with Crippen molar-refractivity contribution in [3.05, 3.63) is 17.7 Å². The van der Waals surface area contributed by atoms with Crippen LogP contribution in [0, 0.1) is 0 Å². The largest absolute Gasteiger partial charge is 0.505 e. The van der Waals surface area contributed by atoms with Crippen molar-refractivity contribution in [2.45, 2.75) is 0 Å². The monoisotopic (exact) mass is 240 g/mol. The number of hydrogen-bond acceptors (Lipinski definition) is 4. The molecule has 6 N–H and O–H groups in total. The molecule has 1 rings (SSSR count). The molecule has 5 nitrogen and oxygen atoms in total. The lowest BCUT2D eigenvalue weighted by Gasteiger charge is -2.03. The Morgan fingerprint density at radius 2 is 1.71 bits per heavy atom. The van der Waals surface area contributed by atoms with Gasteiger partial charge in [0.1, 0.15) is 5.56 Å². The molecule has 0 aromatic heterocycles. The zero-order chi connectivity index (χ0) is 9.30. The van der Waals surface area contributed by atoms with Crippen LogP contribution in [0.5, 0.6) is 5.75 Å². The van der Waals surface area contributed by atoms with Gasteiger partial charge in [-0.3, -0.25) is 0 Å². The van der Waals surface area contributed by atoms with E-state index in [0.717, 1.165) is 6.07 Å². The molecule has 0 aliphatic carbocycles. The molecule has 0 amide bonds. The van der Waals surface area contributed by atoms with Gasteiger partial charge in [0.25, 0.3) is 0 Å². The average molecular weight is 241 g/mol. The molecule has 1 aromatic rings. The second-order valence-electron chi connectivity index (χ2n) is 2.31. The molecule has 0 fully saturated rings. The van der Waals surface area contributed by atoms with Crippen LogP contribution in [0.2, 0.25) is 0 Å². The summed E-state index contributed by atoms with van der Waals surface area (Å²) in [5, 5.41) is 17.7. The van der Waals surface area contributed by atoms with Crippen molar-refractivity contribution in [1.29, 1.82) is 0 Å². The molecule has 0 spiro atoms. The number of carboxylic acids is 1. The molecule has 14 heavy (non-hydrogen) atoms. The lowest BCUT2D eigenvalue weighted by Crippen LogP contribution is -2.01. The lowest BCUT2D eigenvalue weighted by molar-refractivity contribution is 0.0694. The molecule has 0 bridgehead atoms. The SMILES string of the molecule is Cl.Cl.Nc1cc(N)c(O)c(C(=O)O)c1. The Kier molecular flexibility index (Phi) is 5.86. The first-order valence-corrected chi connectivity index (χ1v) is 3.13. The second-order valence-corrected chi connectivity index (χ2v) is 2.31. The minimum absolute atomic E-state index is 0. The van der Waals surface area contributed by atoms with Crippen molar-refractivity contribution in [2.24, 2.45) is 0 Å². The molecule has 0 saturated carbocycles. The highest BCUT2D eigenvalue weighted by molar-refractivity contribution is 5.94. The third kappa shape index (κ3) is 2.86. The number of nitrogen functional groups attached to an aromatic ring is 2. The smallest absolute Gasteiger partial charge is 0.339 e. The number of benzene rings is 1. The molecule has 0 atom stereocenters. The van der Waals surface area contributed by atoms with Crippen LogP contribution >= 0.6 is 24.8 Å². The molecule has 1 aromatic carbocycles. The molecule has 80 valence electrons. The van der Waals surface area contributed by atoms with Crippen LogP contribution in [0.1, 0.15) is 10.4 Å². The molecular formula is C7H10Cl2N2O3. The predicted octanol–water partition coefficient (Wildman–Crippen LogP) is 1.10. The number of anilines is 2. The van der Waals surface area contributed by atoms with Gasteiger partial charge in [-0.05, 0) is 12.1 Å².